The highest BCUT2D eigenvalue weighted by Gasteiger charge is 2.10. The molecule has 2 heterocycles. The van der Waals surface area contributed by atoms with E-state index in [2.05, 4.69) is 23.1 Å². The molecule has 4 heteroatoms. The van der Waals surface area contributed by atoms with Crippen LogP contribution in [0, 0.1) is 0 Å². The molecule has 2 rings (SSSR count). The van der Waals surface area contributed by atoms with E-state index >= 15 is 0 Å². The van der Waals surface area contributed by atoms with Gasteiger partial charge in [-0.05, 0) is 35.9 Å². The van der Waals surface area contributed by atoms with E-state index in [0.717, 1.165) is 22.3 Å². The summed E-state index contributed by atoms with van der Waals surface area (Å²) in [5, 5.41) is 10.6. The van der Waals surface area contributed by atoms with E-state index in [1.54, 1.807) is 12.3 Å². The molecule has 0 spiro atoms. The Bertz CT molecular complexity index is 702. The van der Waals surface area contributed by atoms with Crippen molar-refractivity contribution in [2.75, 3.05) is 14.1 Å². The molecule has 108 valence electrons. The van der Waals surface area contributed by atoms with Gasteiger partial charge in [-0.25, -0.2) is 4.98 Å². The summed E-state index contributed by atoms with van der Waals surface area (Å²) in [5.41, 5.74) is 3.29. The van der Waals surface area contributed by atoms with E-state index in [9.17, 15) is 5.11 Å². The second-order valence-corrected chi connectivity index (χ2v) is 4.93. The van der Waals surface area contributed by atoms with Crippen molar-refractivity contribution < 1.29 is 5.11 Å². The van der Waals surface area contributed by atoms with Crippen molar-refractivity contribution in [1.82, 2.24) is 14.9 Å². The normalized spacial score (nSPS) is 12.5. The monoisotopic (exact) mass is 281 g/mol. The summed E-state index contributed by atoms with van der Waals surface area (Å²) in [6.45, 7) is 7.56. The molecule has 0 unspecified atom stereocenters. The average Bonchev–Trinajstić information content (AvgIpc) is 2.87. The van der Waals surface area contributed by atoms with Gasteiger partial charge in [0.1, 0.15) is 11.4 Å². The zero-order valence-corrected chi connectivity index (χ0v) is 12.3. The second kappa shape index (κ2) is 6.13. The largest absolute Gasteiger partial charge is 0.508 e. The minimum atomic E-state index is 0.0823. The van der Waals surface area contributed by atoms with Gasteiger partial charge < -0.3 is 15.0 Å². The summed E-state index contributed by atoms with van der Waals surface area (Å²) in [6.07, 6.45) is 6.66. The molecule has 21 heavy (non-hydrogen) atoms. The van der Waals surface area contributed by atoms with Gasteiger partial charge in [0, 0.05) is 43.1 Å². The van der Waals surface area contributed by atoms with Crippen molar-refractivity contribution in [2.45, 2.75) is 0 Å². The fourth-order valence-corrected chi connectivity index (χ4v) is 2.00. The molecule has 2 aromatic heterocycles. The van der Waals surface area contributed by atoms with Gasteiger partial charge in [-0.3, -0.25) is 0 Å². The van der Waals surface area contributed by atoms with Crippen molar-refractivity contribution in [3.8, 4) is 0 Å². The quantitative estimate of drug-likeness (QED) is 0.649. The zero-order chi connectivity index (χ0) is 15.4. The molecule has 0 radical (unpaired) electrons. The predicted octanol–water partition coefficient (Wildman–Crippen LogP) is 3.65. The number of aromatic nitrogens is 2. The lowest BCUT2D eigenvalue weighted by Crippen LogP contribution is -2.03. The van der Waals surface area contributed by atoms with Crippen molar-refractivity contribution in [1.29, 1.82) is 0 Å². The summed E-state index contributed by atoms with van der Waals surface area (Å²) in [6, 6.07) is 5.91. The minimum absolute atomic E-state index is 0.0823. The Morgan fingerprint density at radius 2 is 2.19 bits per heavy atom. The number of fused-ring (bicyclic) bond motifs is 1. The average molecular weight is 281 g/mol. The van der Waals surface area contributed by atoms with Gasteiger partial charge in [0.05, 0.1) is 0 Å². The van der Waals surface area contributed by atoms with Crippen LogP contribution in [0.25, 0.3) is 16.6 Å². The standard InChI is InChI=1S/C17H19N3O/c1-5-14(21)9-12(2)15(11-20(3)4)16-10-13-7-6-8-18-17(13)19-16/h5-11,21H,1-2H2,3-4H3,(H,18,19)/b14-9+,15-11+. The highest BCUT2D eigenvalue weighted by atomic mass is 16.3. The summed E-state index contributed by atoms with van der Waals surface area (Å²) in [4.78, 5) is 9.49. The number of pyridine rings is 1. The van der Waals surface area contributed by atoms with E-state index in [1.807, 2.05) is 43.4 Å². The number of aliphatic hydroxyl groups is 1. The second-order valence-electron chi connectivity index (χ2n) is 4.93. The van der Waals surface area contributed by atoms with E-state index < -0.39 is 0 Å². The first kappa shape index (κ1) is 14.7. The summed E-state index contributed by atoms with van der Waals surface area (Å²) in [5.74, 6) is 0.0823. The molecule has 2 aromatic rings. The molecule has 0 amide bonds. The molecule has 0 saturated heterocycles. The first-order valence-electron chi connectivity index (χ1n) is 6.56. The lowest BCUT2D eigenvalue weighted by molar-refractivity contribution is 0.432. The number of hydrogen-bond acceptors (Lipinski definition) is 3. The predicted molar refractivity (Wildman–Crippen MR) is 87.8 cm³/mol. The number of H-pyrrole nitrogens is 1. The van der Waals surface area contributed by atoms with Crippen LogP contribution < -0.4 is 0 Å². The fraction of sp³-hybridized carbons (Fsp3) is 0.118. The molecule has 0 aromatic carbocycles. The first-order chi connectivity index (χ1) is 10.0. The molecule has 0 aliphatic rings. The van der Waals surface area contributed by atoms with Crippen LogP contribution in [0.2, 0.25) is 0 Å². The molecule has 0 saturated carbocycles. The van der Waals surface area contributed by atoms with Crippen molar-refractivity contribution in [3.05, 3.63) is 72.9 Å². The third-order valence-corrected chi connectivity index (χ3v) is 2.95. The lowest BCUT2D eigenvalue weighted by atomic mass is 10.0. The molecule has 0 atom stereocenters. The maximum Gasteiger partial charge on any atom is 0.137 e. The molecular weight excluding hydrogens is 262 g/mol. The number of nitrogens with one attached hydrogen (secondary N) is 1. The summed E-state index contributed by atoms with van der Waals surface area (Å²) >= 11 is 0. The number of nitrogens with zero attached hydrogens (tertiary/aromatic N) is 2. The van der Waals surface area contributed by atoms with Gasteiger partial charge in [-0.1, -0.05) is 13.2 Å². The highest BCUT2D eigenvalue weighted by Crippen LogP contribution is 2.26. The van der Waals surface area contributed by atoms with Gasteiger partial charge >= 0.3 is 0 Å². The van der Waals surface area contributed by atoms with Gasteiger partial charge in [-0.15, -0.1) is 0 Å². The van der Waals surface area contributed by atoms with Gasteiger partial charge in [-0.2, -0.15) is 0 Å². The summed E-state index contributed by atoms with van der Waals surface area (Å²) < 4.78 is 0. The Hall–Kier alpha value is -2.75. The van der Waals surface area contributed by atoms with Crippen LogP contribution in [0.15, 0.2) is 67.2 Å². The van der Waals surface area contributed by atoms with Crippen LogP contribution in [-0.2, 0) is 0 Å². The molecule has 0 bridgehead atoms. The Kier molecular flexibility index (Phi) is 4.28. The number of allylic oxidation sites excluding steroid dienone is 4. The van der Waals surface area contributed by atoms with Crippen LogP contribution in [0.5, 0.6) is 0 Å². The minimum Gasteiger partial charge on any atom is -0.508 e. The molecule has 0 aliphatic carbocycles. The Morgan fingerprint density at radius 1 is 1.43 bits per heavy atom. The fourth-order valence-electron chi connectivity index (χ4n) is 2.00. The van der Waals surface area contributed by atoms with E-state index in [4.69, 9.17) is 0 Å². The van der Waals surface area contributed by atoms with E-state index in [1.165, 1.54) is 6.08 Å². The first-order valence-corrected chi connectivity index (χ1v) is 6.56. The van der Waals surface area contributed by atoms with Crippen molar-refractivity contribution in [3.63, 3.8) is 0 Å². The Morgan fingerprint density at radius 3 is 2.81 bits per heavy atom. The number of aromatic amines is 1. The number of rotatable bonds is 5. The Labute approximate surface area is 124 Å². The number of hydrogen-bond donors (Lipinski definition) is 2. The SMILES string of the molecule is C=C/C(O)=C\C(=C)/C(=C\N(C)C)c1cc2cccnc2[nH]1. The van der Waals surface area contributed by atoms with Crippen LogP contribution in [0.3, 0.4) is 0 Å². The topological polar surface area (TPSA) is 52.1 Å². The van der Waals surface area contributed by atoms with Gasteiger partial charge in [0.25, 0.3) is 0 Å². The zero-order valence-electron chi connectivity index (χ0n) is 12.3. The van der Waals surface area contributed by atoms with Gasteiger partial charge in [0.2, 0.25) is 0 Å². The van der Waals surface area contributed by atoms with Gasteiger partial charge in [0.15, 0.2) is 0 Å². The lowest BCUT2D eigenvalue weighted by Gasteiger charge is -2.11. The van der Waals surface area contributed by atoms with E-state index in [0.29, 0.717) is 5.57 Å². The van der Waals surface area contributed by atoms with Crippen LogP contribution in [0.1, 0.15) is 5.69 Å². The maximum absolute atomic E-state index is 9.62. The number of aliphatic hydroxyl groups excluding tert-OH is 1. The molecular formula is C17H19N3O. The van der Waals surface area contributed by atoms with Crippen LogP contribution in [-0.4, -0.2) is 34.1 Å². The smallest absolute Gasteiger partial charge is 0.137 e. The molecule has 2 N–H and O–H groups in total. The van der Waals surface area contributed by atoms with Crippen molar-refractivity contribution >= 4 is 16.6 Å². The van der Waals surface area contributed by atoms with Crippen molar-refractivity contribution in [2.24, 2.45) is 0 Å². The third kappa shape index (κ3) is 3.42. The highest BCUT2D eigenvalue weighted by molar-refractivity contribution is 5.87. The van der Waals surface area contributed by atoms with Crippen LogP contribution in [0.4, 0.5) is 0 Å². The third-order valence-electron chi connectivity index (χ3n) is 2.95. The Balaban J connectivity index is 2.50. The molecule has 0 aliphatic heterocycles. The maximum atomic E-state index is 9.62. The van der Waals surface area contributed by atoms with E-state index in [-0.39, 0.29) is 5.76 Å². The molecule has 0 fully saturated rings. The molecule has 4 nitrogen and oxygen atoms in total. The van der Waals surface area contributed by atoms with Crippen LogP contribution >= 0.6 is 0 Å². The summed E-state index contributed by atoms with van der Waals surface area (Å²) in [7, 11) is 3.87.